The van der Waals surface area contributed by atoms with Crippen molar-refractivity contribution >= 4 is 5.97 Å². The highest BCUT2D eigenvalue weighted by Crippen LogP contribution is 2.58. The Morgan fingerprint density at radius 1 is 1.35 bits per heavy atom. The fourth-order valence-corrected chi connectivity index (χ4v) is 4.59. The molecule has 0 radical (unpaired) electrons. The molecule has 2 rings (SSSR count). The second-order valence-electron chi connectivity index (χ2n) is 6.21. The van der Waals surface area contributed by atoms with Gasteiger partial charge in [0.05, 0.1) is 13.0 Å². The quantitative estimate of drug-likeness (QED) is 0.699. The maximum Gasteiger partial charge on any atom is 0.309 e. The van der Waals surface area contributed by atoms with Gasteiger partial charge < -0.3 is 4.74 Å². The number of hydrogen-bond donors (Lipinski definition) is 0. The Labute approximate surface area is 105 Å². The third-order valence-corrected chi connectivity index (χ3v) is 5.41. The molecule has 2 nitrogen and oxygen atoms in total. The lowest BCUT2D eigenvalue weighted by molar-refractivity contribution is -0.151. The lowest BCUT2D eigenvalue weighted by Gasteiger charge is -2.44. The number of methoxy groups -OCH3 is 1. The standard InChI is InChI=1S/C15H26O2/c1-4-6-11-7-5-10-15(2)12(11)8-9-13(15)14(16)17-3/h11-13H,4-10H2,1-3H3/t11?,12?,13-,15+/m1/s1. The van der Waals surface area contributed by atoms with E-state index in [0.29, 0.717) is 0 Å². The van der Waals surface area contributed by atoms with Crippen molar-refractivity contribution in [1.29, 1.82) is 0 Å². The summed E-state index contributed by atoms with van der Waals surface area (Å²) in [5.74, 6) is 1.82. The van der Waals surface area contributed by atoms with E-state index in [1.54, 1.807) is 0 Å². The summed E-state index contributed by atoms with van der Waals surface area (Å²) in [4.78, 5) is 11.9. The average Bonchev–Trinajstić information content (AvgIpc) is 2.67. The van der Waals surface area contributed by atoms with Gasteiger partial charge in [0, 0.05) is 0 Å². The van der Waals surface area contributed by atoms with Gasteiger partial charge in [0.2, 0.25) is 0 Å². The molecule has 0 N–H and O–H groups in total. The summed E-state index contributed by atoms with van der Waals surface area (Å²) >= 11 is 0. The van der Waals surface area contributed by atoms with E-state index in [-0.39, 0.29) is 17.3 Å². The van der Waals surface area contributed by atoms with Crippen molar-refractivity contribution in [2.24, 2.45) is 23.2 Å². The van der Waals surface area contributed by atoms with Crippen LogP contribution in [0.5, 0.6) is 0 Å². The third kappa shape index (κ3) is 2.11. The molecule has 2 unspecified atom stereocenters. The summed E-state index contributed by atoms with van der Waals surface area (Å²) in [5.41, 5.74) is 0.227. The second-order valence-corrected chi connectivity index (χ2v) is 6.21. The number of ether oxygens (including phenoxy) is 1. The molecule has 0 saturated heterocycles. The number of carbonyl (C=O) groups is 1. The van der Waals surface area contributed by atoms with Gasteiger partial charge in [-0.2, -0.15) is 0 Å². The molecule has 2 heteroatoms. The Balaban J connectivity index is 2.16. The van der Waals surface area contributed by atoms with Gasteiger partial charge in [-0.25, -0.2) is 0 Å². The number of rotatable bonds is 3. The molecule has 2 aliphatic rings. The molecule has 98 valence electrons. The molecule has 0 aromatic carbocycles. The normalized spacial score (nSPS) is 41.0. The van der Waals surface area contributed by atoms with E-state index in [0.717, 1.165) is 18.3 Å². The minimum Gasteiger partial charge on any atom is -0.469 e. The Morgan fingerprint density at radius 3 is 2.76 bits per heavy atom. The van der Waals surface area contributed by atoms with Crippen LogP contribution in [0.4, 0.5) is 0 Å². The molecular formula is C15H26O2. The van der Waals surface area contributed by atoms with Crippen LogP contribution in [-0.2, 0) is 9.53 Å². The van der Waals surface area contributed by atoms with E-state index in [1.807, 2.05) is 0 Å². The zero-order valence-corrected chi connectivity index (χ0v) is 11.5. The average molecular weight is 238 g/mol. The molecule has 0 bridgehead atoms. The summed E-state index contributed by atoms with van der Waals surface area (Å²) in [7, 11) is 1.53. The van der Waals surface area contributed by atoms with E-state index in [2.05, 4.69) is 13.8 Å². The zero-order chi connectivity index (χ0) is 12.5. The van der Waals surface area contributed by atoms with Gasteiger partial charge in [0.1, 0.15) is 0 Å². The van der Waals surface area contributed by atoms with Crippen molar-refractivity contribution in [2.45, 2.75) is 58.8 Å². The maximum atomic E-state index is 11.9. The van der Waals surface area contributed by atoms with Crippen LogP contribution in [0.2, 0.25) is 0 Å². The minimum absolute atomic E-state index is 0.0344. The highest BCUT2D eigenvalue weighted by Gasteiger charge is 2.53. The van der Waals surface area contributed by atoms with Gasteiger partial charge in [-0.3, -0.25) is 4.79 Å². The van der Waals surface area contributed by atoms with Crippen molar-refractivity contribution in [3.05, 3.63) is 0 Å². The molecule has 2 aliphatic carbocycles. The molecule has 2 fully saturated rings. The topological polar surface area (TPSA) is 26.3 Å². The highest BCUT2D eigenvalue weighted by atomic mass is 16.5. The first-order valence-corrected chi connectivity index (χ1v) is 7.21. The van der Waals surface area contributed by atoms with Gasteiger partial charge in [0.15, 0.2) is 0 Å². The number of hydrogen-bond acceptors (Lipinski definition) is 2. The largest absolute Gasteiger partial charge is 0.469 e. The molecular weight excluding hydrogens is 212 g/mol. The van der Waals surface area contributed by atoms with Crippen LogP contribution in [0.1, 0.15) is 58.8 Å². The molecule has 17 heavy (non-hydrogen) atoms. The van der Waals surface area contributed by atoms with Gasteiger partial charge >= 0.3 is 5.97 Å². The van der Waals surface area contributed by atoms with Crippen molar-refractivity contribution in [3.8, 4) is 0 Å². The van der Waals surface area contributed by atoms with Gasteiger partial charge in [0.25, 0.3) is 0 Å². The van der Waals surface area contributed by atoms with E-state index in [4.69, 9.17) is 4.74 Å². The van der Waals surface area contributed by atoms with E-state index < -0.39 is 0 Å². The highest BCUT2D eigenvalue weighted by molar-refractivity contribution is 5.73. The minimum atomic E-state index is 0.0344. The van der Waals surface area contributed by atoms with Gasteiger partial charge in [-0.1, -0.05) is 39.5 Å². The Kier molecular flexibility index (Phi) is 3.79. The number of carbonyl (C=O) groups excluding carboxylic acids is 1. The molecule has 0 spiro atoms. The smallest absolute Gasteiger partial charge is 0.309 e. The summed E-state index contributed by atoms with van der Waals surface area (Å²) in [6.07, 6.45) is 8.80. The predicted octanol–water partition coefficient (Wildman–Crippen LogP) is 3.79. The van der Waals surface area contributed by atoms with Crippen LogP contribution in [0.15, 0.2) is 0 Å². The predicted molar refractivity (Wildman–Crippen MR) is 68.6 cm³/mol. The van der Waals surface area contributed by atoms with Crippen molar-refractivity contribution in [1.82, 2.24) is 0 Å². The first-order valence-electron chi connectivity index (χ1n) is 7.21. The van der Waals surface area contributed by atoms with Crippen LogP contribution in [-0.4, -0.2) is 13.1 Å². The summed E-state index contributed by atoms with van der Waals surface area (Å²) in [6, 6.07) is 0. The van der Waals surface area contributed by atoms with Gasteiger partial charge in [-0.05, 0) is 36.5 Å². The SMILES string of the molecule is CCCC1CCC[C@@]2(C)C1CC[C@@H]2C(=O)OC. The Bertz CT molecular complexity index is 285. The number of esters is 1. The maximum absolute atomic E-state index is 11.9. The van der Waals surface area contributed by atoms with Crippen LogP contribution in [0.25, 0.3) is 0 Å². The van der Waals surface area contributed by atoms with Crippen molar-refractivity contribution in [2.75, 3.05) is 7.11 Å². The molecule has 4 atom stereocenters. The van der Waals surface area contributed by atoms with Crippen LogP contribution < -0.4 is 0 Å². The van der Waals surface area contributed by atoms with Crippen molar-refractivity contribution in [3.63, 3.8) is 0 Å². The second kappa shape index (κ2) is 4.99. The number of fused-ring (bicyclic) bond motifs is 1. The summed E-state index contributed by atoms with van der Waals surface area (Å²) in [5, 5.41) is 0. The monoisotopic (exact) mass is 238 g/mol. The molecule has 0 aromatic heterocycles. The van der Waals surface area contributed by atoms with E-state index in [1.165, 1.54) is 45.6 Å². The van der Waals surface area contributed by atoms with E-state index >= 15 is 0 Å². The molecule has 0 aliphatic heterocycles. The molecule has 0 aromatic rings. The fourth-order valence-electron chi connectivity index (χ4n) is 4.59. The lowest BCUT2D eigenvalue weighted by Crippen LogP contribution is -2.40. The van der Waals surface area contributed by atoms with Gasteiger partial charge in [-0.15, -0.1) is 0 Å². The molecule has 0 amide bonds. The van der Waals surface area contributed by atoms with Crippen molar-refractivity contribution < 1.29 is 9.53 Å². The summed E-state index contributed by atoms with van der Waals surface area (Å²) < 4.78 is 5.00. The van der Waals surface area contributed by atoms with E-state index in [9.17, 15) is 4.79 Å². The first kappa shape index (κ1) is 12.9. The lowest BCUT2D eigenvalue weighted by atomic mass is 9.60. The molecule has 2 saturated carbocycles. The summed E-state index contributed by atoms with van der Waals surface area (Å²) in [6.45, 7) is 4.62. The fraction of sp³-hybridized carbons (Fsp3) is 0.933. The Hall–Kier alpha value is -0.530. The van der Waals surface area contributed by atoms with Crippen LogP contribution >= 0.6 is 0 Å². The van der Waals surface area contributed by atoms with Crippen LogP contribution in [0.3, 0.4) is 0 Å². The first-order chi connectivity index (χ1) is 8.13. The third-order valence-electron chi connectivity index (χ3n) is 5.41. The molecule has 0 heterocycles. The zero-order valence-electron chi connectivity index (χ0n) is 11.5. The Morgan fingerprint density at radius 2 is 2.12 bits per heavy atom. The van der Waals surface area contributed by atoms with Crippen LogP contribution in [0, 0.1) is 23.2 Å².